The van der Waals surface area contributed by atoms with Gasteiger partial charge in [0.25, 0.3) is 5.69 Å². The summed E-state index contributed by atoms with van der Waals surface area (Å²) in [5, 5.41) is 14.7. The van der Waals surface area contributed by atoms with Crippen molar-refractivity contribution in [2.24, 2.45) is 0 Å². The van der Waals surface area contributed by atoms with Crippen LogP contribution in [-0.4, -0.2) is 30.9 Å². The molecule has 0 bridgehead atoms. The van der Waals surface area contributed by atoms with Gasteiger partial charge in [0.1, 0.15) is 5.69 Å². The molecular weight excluding hydrogens is 390 g/mol. The highest BCUT2D eigenvalue weighted by molar-refractivity contribution is 9.10. The van der Waals surface area contributed by atoms with Crippen molar-refractivity contribution in [3.63, 3.8) is 0 Å². The molecule has 0 saturated carbocycles. The predicted octanol–water partition coefficient (Wildman–Crippen LogP) is 4.56. The molecule has 1 N–H and O–H groups in total. The summed E-state index contributed by atoms with van der Waals surface area (Å²) in [4.78, 5) is 15.1. The van der Waals surface area contributed by atoms with Crippen molar-refractivity contribution in [1.29, 1.82) is 0 Å². The number of nitro groups is 1. The van der Waals surface area contributed by atoms with Crippen molar-refractivity contribution >= 4 is 29.9 Å². The minimum absolute atomic E-state index is 0.0430. The first kappa shape index (κ1) is 21.2. The van der Waals surface area contributed by atoms with Crippen LogP contribution in [0.15, 0.2) is 10.7 Å². The molecule has 1 aromatic heterocycles. The van der Waals surface area contributed by atoms with E-state index in [1.54, 1.807) is 13.1 Å². The number of aromatic nitrogens is 1. The fourth-order valence-electron chi connectivity index (χ4n) is 2.11. The van der Waals surface area contributed by atoms with Crippen molar-refractivity contribution in [2.45, 2.75) is 65.4 Å². The van der Waals surface area contributed by atoms with Gasteiger partial charge in [-0.2, -0.15) is 0 Å². The monoisotopic (exact) mass is 417 g/mol. The van der Waals surface area contributed by atoms with Gasteiger partial charge in [-0.15, -0.1) is 0 Å². The first-order chi connectivity index (χ1) is 10.9. The van der Waals surface area contributed by atoms with Crippen LogP contribution in [0.25, 0.3) is 0 Å². The Morgan fingerprint density at radius 3 is 2.54 bits per heavy atom. The fraction of sp³-hybridized carbons (Fsp3) is 0.688. The molecule has 24 heavy (non-hydrogen) atoms. The smallest absolute Gasteiger partial charge is 0.296 e. The summed E-state index contributed by atoms with van der Waals surface area (Å²) in [5.41, 5.74) is 1.10. The van der Waals surface area contributed by atoms with E-state index in [0.29, 0.717) is 28.8 Å². The van der Waals surface area contributed by atoms with E-state index in [-0.39, 0.29) is 21.8 Å². The first-order valence-corrected chi connectivity index (χ1v) is 11.7. The molecule has 0 amide bonds. The Bertz CT molecular complexity index is 603. The minimum atomic E-state index is -1.81. The summed E-state index contributed by atoms with van der Waals surface area (Å²) >= 11 is 3.29. The topological polar surface area (TPSA) is 77.3 Å². The second-order valence-electron chi connectivity index (χ2n) is 7.60. The molecule has 0 aliphatic rings. The highest BCUT2D eigenvalue weighted by Crippen LogP contribution is 2.37. The molecule has 0 aromatic carbocycles. The maximum Gasteiger partial charge on any atom is 0.296 e. The summed E-state index contributed by atoms with van der Waals surface area (Å²) in [7, 11) is -1.81. The highest BCUT2D eigenvalue weighted by Gasteiger charge is 2.38. The summed E-state index contributed by atoms with van der Waals surface area (Å²) in [5.74, 6) is 0. The van der Waals surface area contributed by atoms with E-state index in [1.807, 2.05) is 6.92 Å². The molecule has 8 heteroatoms. The average molecular weight is 418 g/mol. The van der Waals surface area contributed by atoms with Crippen molar-refractivity contribution in [2.75, 3.05) is 6.54 Å². The molecule has 0 aliphatic heterocycles. The van der Waals surface area contributed by atoms with Gasteiger partial charge < -0.3 is 9.74 Å². The predicted molar refractivity (Wildman–Crippen MR) is 103 cm³/mol. The zero-order valence-corrected chi connectivity index (χ0v) is 18.2. The molecule has 1 rings (SSSR count). The summed E-state index contributed by atoms with van der Waals surface area (Å²) in [6, 6.07) is 0. The molecule has 136 valence electrons. The molecule has 0 fully saturated rings. The lowest BCUT2D eigenvalue weighted by Crippen LogP contribution is -2.45. The zero-order chi connectivity index (χ0) is 18.7. The maximum atomic E-state index is 11.3. The number of rotatable bonds is 7. The molecule has 0 aliphatic carbocycles. The van der Waals surface area contributed by atoms with Crippen LogP contribution in [0.3, 0.4) is 0 Å². The van der Waals surface area contributed by atoms with Gasteiger partial charge in [0.2, 0.25) is 0 Å². The summed E-state index contributed by atoms with van der Waals surface area (Å²) in [6.07, 6.45) is 1.65. The Kier molecular flexibility index (Phi) is 7.10. The SMILES string of the molecule is Cc1c(Br)cnc(CNCC(C)O[Si](C)(C)C(C)(C)C)c1[N+](=O)[O-]. The van der Waals surface area contributed by atoms with Gasteiger partial charge in [-0.25, -0.2) is 0 Å². The van der Waals surface area contributed by atoms with Crippen LogP contribution in [0.1, 0.15) is 39.0 Å². The third-order valence-corrected chi connectivity index (χ3v) is 9.93. The van der Waals surface area contributed by atoms with Gasteiger partial charge in [0, 0.05) is 29.3 Å². The molecule has 1 unspecified atom stereocenters. The molecule has 0 saturated heterocycles. The van der Waals surface area contributed by atoms with Gasteiger partial charge in [0.05, 0.1) is 11.0 Å². The van der Waals surface area contributed by atoms with Crippen molar-refractivity contribution in [1.82, 2.24) is 10.3 Å². The lowest BCUT2D eigenvalue weighted by Gasteiger charge is -2.38. The Hall–Kier alpha value is -0.833. The van der Waals surface area contributed by atoms with Gasteiger partial charge in [-0.3, -0.25) is 15.1 Å². The second kappa shape index (κ2) is 8.03. The maximum absolute atomic E-state index is 11.3. The second-order valence-corrected chi connectivity index (χ2v) is 13.2. The van der Waals surface area contributed by atoms with Crippen molar-refractivity contribution in [3.8, 4) is 0 Å². The van der Waals surface area contributed by atoms with Crippen molar-refractivity contribution in [3.05, 3.63) is 32.0 Å². The Morgan fingerprint density at radius 1 is 1.46 bits per heavy atom. The van der Waals surface area contributed by atoms with E-state index in [4.69, 9.17) is 4.43 Å². The van der Waals surface area contributed by atoms with Gasteiger partial charge in [-0.05, 0) is 47.9 Å². The quantitative estimate of drug-likeness (QED) is 0.399. The number of pyridine rings is 1. The molecular formula is C16H28BrN3O3Si. The standard InChI is InChI=1S/C16H28BrN3O3Si/c1-11(23-24(6,7)16(3,4)5)8-18-10-14-15(20(21)22)12(2)13(17)9-19-14/h9,11,18H,8,10H2,1-7H3. The Labute approximate surface area is 153 Å². The van der Waals surface area contributed by atoms with Gasteiger partial charge >= 0.3 is 0 Å². The average Bonchev–Trinajstić information content (AvgIpc) is 2.40. The third kappa shape index (κ3) is 5.34. The lowest BCUT2D eigenvalue weighted by molar-refractivity contribution is -0.386. The molecule has 1 aromatic rings. The van der Waals surface area contributed by atoms with Gasteiger partial charge in [-0.1, -0.05) is 20.8 Å². The van der Waals surface area contributed by atoms with Crippen LogP contribution >= 0.6 is 15.9 Å². The molecule has 6 nitrogen and oxygen atoms in total. The van der Waals surface area contributed by atoms with E-state index < -0.39 is 8.32 Å². The van der Waals surface area contributed by atoms with Gasteiger partial charge in [0.15, 0.2) is 8.32 Å². The van der Waals surface area contributed by atoms with Crippen LogP contribution in [0.5, 0.6) is 0 Å². The fourth-order valence-corrected chi connectivity index (χ4v) is 3.84. The number of halogens is 1. The molecule has 1 atom stereocenters. The number of nitrogens with one attached hydrogen (secondary N) is 1. The third-order valence-electron chi connectivity index (χ3n) is 4.53. The van der Waals surface area contributed by atoms with Crippen LogP contribution in [-0.2, 0) is 11.0 Å². The van der Waals surface area contributed by atoms with E-state index in [0.717, 1.165) is 0 Å². The van der Waals surface area contributed by atoms with E-state index in [2.05, 4.69) is 60.1 Å². The van der Waals surface area contributed by atoms with Crippen LogP contribution in [0.4, 0.5) is 5.69 Å². The Morgan fingerprint density at radius 2 is 2.04 bits per heavy atom. The van der Waals surface area contributed by atoms with E-state index in [9.17, 15) is 10.1 Å². The lowest BCUT2D eigenvalue weighted by atomic mass is 10.2. The minimum Gasteiger partial charge on any atom is -0.413 e. The largest absolute Gasteiger partial charge is 0.413 e. The highest BCUT2D eigenvalue weighted by atomic mass is 79.9. The van der Waals surface area contributed by atoms with E-state index in [1.165, 1.54) is 0 Å². The van der Waals surface area contributed by atoms with Crippen LogP contribution < -0.4 is 5.32 Å². The molecule has 1 heterocycles. The molecule has 0 spiro atoms. The number of hydrogen-bond acceptors (Lipinski definition) is 5. The first-order valence-electron chi connectivity index (χ1n) is 8.03. The number of nitrogens with zero attached hydrogens (tertiary/aromatic N) is 2. The normalized spacial score (nSPS) is 13.8. The summed E-state index contributed by atoms with van der Waals surface area (Å²) < 4.78 is 6.92. The zero-order valence-electron chi connectivity index (χ0n) is 15.6. The van der Waals surface area contributed by atoms with Crippen molar-refractivity contribution < 1.29 is 9.35 Å². The molecule has 0 radical (unpaired) electrons. The summed E-state index contributed by atoms with van der Waals surface area (Å²) in [6.45, 7) is 15.8. The van der Waals surface area contributed by atoms with Crippen LogP contribution in [0, 0.1) is 17.0 Å². The van der Waals surface area contributed by atoms with Crippen LogP contribution in [0.2, 0.25) is 18.1 Å². The Balaban J connectivity index is 2.69. The number of hydrogen-bond donors (Lipinski definition) is 1. The van der Waals surface area contributed by atoms with E-state index >= 15 is 0 Å².